The highest BCUT2D eigenvalue weighted by Crippen LogP contribution is 2.35. The van der Waals surface area contributed by atoms with Crippen LogP contribution in [0, 0.1) is 0 Å². The number of aromatic nitrogens is 1. The first-order valence-electron chi connectivity index (χ1n) is 7.74. The molecule has 3 heterocycles. The van der Waals surface area contributed by atoms with Crippen molar-refractivity contribution in [3.63, 3.8) is 0 Å². The molecule has 0 radical (unpaired) electrons. The van der Waals surface area contributed by atoms with Crippen molar-refractivity contribution in [3.8, 4) is 16.8 Å². The van der Waals surface area contributed by atoms with Crippen LogP contribution in [0.1, 0.15) is 0 Å². The van der Waals surface area contributed by atoms with Crippen LogP contribution in [0.5, 0.6) is 0 Å². The van der Waals surface area contributed by atoms with E-state index in [1.165, 1.54) is 28.1 Å². The number of hydrogen-bond acceptors (Lipinski definition) is 1. The molecular weight excluding hydrogens is 267 g/mol. The molecule has 0 bridgehead atoms. The SMILES string of the molecule is C1=CN2B(C1)c1ccccc1-c1ccccc1-n1cccc12. The van der Waals surface area contributed by atoms with Crippen molar-refractivity contribution in [1.82, 2.24) is 4.57 Å². The fraction of sp³-hybridized carbons (Fsp3) is 0.0526. The number of anilines is 1. The Kier molecular flexibility index (Phi) is 2.39. The first-order valence-corrected chi connectivity index (χ1v) is 7.74. The predicted molar refractivity (Wildman–Crippen MR) is 93.0 cm³/mol. The van der Waals surface area contributed by atoms with Crippen LogP contribution < -0.4 is 10.3 Å². The summed E-state index contributed by atoms with van der Waals surface area (Å²) < 4.78 is 2.30. The average molecular weight is 282 g/mol. The van der Waals surface area contributed by atoms with Crippen molar-refractivity contribution in [2.45, 2.75) is 6.32 Å². The van der Waals surface area contributed by atoms with Crippen molar-refractivity contribution in [1.29, 1.82) is 0 Å². The molecule has 22 heavy (non-hydrogen) atoms. The van der Waals surface area contributed by atoms with Crippen molar-refractivity contribution in [2.75, 3.05) is 4.81 Å². The van der Waals surface area contributed by atoms with Gasteiger partial charge >= 0.3 is 0 Å². The summed E-state index contributed by atoms with van der Waals surface area (Å²) in [4.78, 5) is 2.40. The zero-order valence-electron chi connectivity index (χ0n) is 12.2. The van der Waals surface area contributed by atoms with E-state index in [0.717, 1.165) is 6.32 Å². The topological polar surface area (TPSA) is 8.17 Å². The molecule has 0 saturated carbocycles. The molecule has 2 nitrogen and oxygen atoms in total. The number of para-hydroxylation sites is 1. The molecule has 5 rings (SSSR count). The van der Waals surface area contributed by atoms with E-state index in [4.69, 9.17) is 0 Å². The summed E-state index contributed by atoms with van der Waals surface area (Å²) in [7, 11) is 0. The third-order valence-electron chi connectivity index (χ3n) is 4.73. The number of allylic oxidation sites excluding steroid dienone is 1. The molecule has 0 aliphatic carbocycles. The second kappa shape index (κ2) is 4.41. The molecule has 0 amide bonds. The van der Waals surface area contributed by atoms with E-state index >= 15 is 0 Å². The Morgan fingerprint density at radius 1 is 0.818 bits per heavy atom. The molecule has 0 spiro atoms. The fourth-order valence-corrected chi connectivity index (χ4v) is 3.76. The molecule has 3 aromatic rings. The summed E-state index contributed by atoms with van der Waals surface area (Å²) in [5.74, 6) is 1.24. The average Bonchev–Trinajstić information content (AvgIpc) is 3.22. The quantitative estimate of drug-likeness (QED) is 0.571. The van der Waals surface area contributed by atoms with Crippen LogP contribution in [0.25, 0.3) is 16.8 Å². The lowest BCUT2D eigenvalue weighted by Crippen LogP contribution is -2.45. The highest BCUT2D eigenvalue weighted by molar-refractivity contribution is 6.79. The summed E-state index contributed by atoms with van der Waals surface area (Å²) in [6.07, 6.45) is 7.71. The molecule has 0 atom stereocenters. The smallest absolute Gasteiger partial charge is 0.299 e. The normalized spacial score (nSPS) is 14.7. The van der Waals surface area contributed by atoms with Crippen LogP contribution in [0.15, 0.2) is 79.1 Å². The van der Waals surface area contributed by atoms with Crippen molar-refractivity contribution >= 4 is 18.1 Å². The van der Waals surface area contributed by atoms with Crippen LogP contribution >= 0.6 is 0 Å². The molecule has 0 N–H and O–H groups in total. The lowest BCUT2D eigenvalue weighted by atomic mass is 9.51. The Hall–Kier alpha value is -2.68. The number of rotatable bonds is 0. The Morgan fingerprint density at radius 3 is 2.59 bits per heavy atom. The highest BCUT2D eigenvalue weighted by Gasteiger charge is 2.33. The molecule has 3 heteroatoms. The summed E-state index contributed by atoms with van der Waals surface area (Å²) in [5, 5.41) is 0. The van der Waals surface area contributed by atoms with Gasteiger partial charge in [0, 0.05) is 11.8 Å². The number of benzene rings is 2. The Morgan fingerprint density at radius 2 is 1.64 bits per heavy atom. The summed E-state index contributed by atoms with van der Waals surface area (Å²) in [5.41, 5.74) is 5.30. The van der Waals surface area contributed by atoms with Crippen molar-refractivity contribution in [2.24, 2.45) is 0 Å². The molecule has 2 aliphatic heterocycles. The number of nitrogens with zero attached hydrogens (tertiary/aromatic N) is 2. The van der Waals surface area contributed by atoms with E-state index in [9.17, 15) is 0 Å². The van der Waals surface area contributed by atoms with Gasteiger partial charge < -0.3 is 9.38 Å². The Bertz CT molecular complexity index is 894. The van der Waals surface area contributed by atoms with Crippen molar-refractivity contribution < 1.29 is 0 Å². The van der Waals surface area contributed by atoms with Crippen LogP contribution in [-0.2, 0) is 0 Å². The number of fused-ring (bicyclic) bond motifs is 8. The molecule has 0 fully saturated rings. The second-order valence-corrected chi connectivity index (χ2v) is 5.88. The van der Waals surface area contributed by atoms with Gasteiger partial charge in [0.2, 0.25) is 0 Å². The van der Waals surface area contributed by atoms with Crippen LogP contribution in [0.3, 0.4) is 0 Å². The molecule has 2 aliphatic rings. The van der Waals surface area contributed by atoms with Gasteiger partial charge in [-0.1, -0.05) is 48.5 Å². The highest BCUT2D eigenvalue weighted by atomic mass is 15.2. The number of hydrogen-bond donors (Lipinski definition) is 0. The van der Waals surface area contributed by atoms with E-state index in [0.29, 0.717) is 6.85 Å². The van der Waals surface area contributed by atoms with Gasteiger partial charge in [-0.2, -0.15) is 0 Å². The van der Waals surface area contributed by atoms with Gasteiger partial charge in [-0.15, -0.1) is 0 Å². The first-order chi connectivity index (χ1) is 10.9. The third-order valence-corrected chi connectivity index (χ3v) is 4.73. The summed E-state index contributed by atoms with van der Waals surface area (Å²) in [6, 6.07) is 21.8. The van der Waals surface area contributed by atoms with Crippen molar-refractivity contribution in [3.05, 3.63) is 79.1 Å². The van der Waals surface area contributed by atoms with E-state index in [-0.39, 0.29) is 0 Å². The zero-order chi connectivity index (χ0) is 14.5. The van der Waals surface area contributed by atoms with Crippen LogP contribution in [0.2, 0.25) is 6.32 Å². The maximum atomic E-state index is 2.40. The lowest BCUT2D eigenvalue weighted by molar-refractivity contribution is 1.06. The molecule has 104 valence electrons. The van der Waals surface area contributed by atoms with Gasteiger partial charge in [0.05, 0.1) is 5.69 Å². The van der Waals surface area contributed by atoms with E-state index in [1.807, 2.05) is 0 Å². The molecule has 0 unspecified atom stereocenters. The second-order valence-electron chi connectivity index (χ2n) is 5.88. The Labute approximate surface area is 130 Å². The van der Waals surface area contributed by atoms with Gasteiger partial charge in [-0.3, -0.25) is 0 Å². The minimum atomic E-state index is 0.387. The van der Waals surface area contributed by atoms with Gasteiger partial charge in [0.15, 0.2) is 0 Å². The van der Waals surface area contributed by atoms with Crippen LogP contribution in [-0.4, -0.2) is 11.4 Å². The summed E-state index contributed by atoms with van der Waals surface area (Å²) in [6.45, 7) is 0.387. The minimum Gasteiger partial charge on any atom is -0.373 e. The third kappa shape index (κ3) is 1.51. The van der Waals surface area contributed by atoms with Gasteiger partial charge in [0.25, 0.3) is 6.85 Å². The van der Waals surface area contributed by atoms with E-state index < -0.39 is 0 Å². The first kappa shape index (κ1) is 11.9. The molecule has 0 saturated heterocycles. The zero-order valence-corrected chi connectivity index (χ0v) is 12.2. The lowest BCUT2D eigenvalue weighted by Gasteiger charge is -2.30. The van der Waals surface area contributed by atoms with Gasteiger partial charge in [-0.05, 0) is 41.7 Å². The van der Waals surface area contributed by atoms with E-state index in [2.05, 4.69) is 88.5 Å². The largest absolute Gasteiger partial charge is 0.373 e. The molecule has 1 aromatic heterocycles. The summed E-state index contributed by atoms with van der Waals surface area (Å²) >= 11 is 0. The van der Waals surface area contributed by atoms with Crippen LogP contribution in [0.4, 0.5) is 5.82 Å². The minimum absolute atomic E-state index is 0.387. The molecular formula is C19H15BN2. The standard InChI is InChI=1S/C19H15BN2/c1-3-9-17-15(7-1)16-8-2-4-10-18(16)21-13-5-11-19(21)22-14-6-12-20(17)22/h1-11,13-14H,12H2. The maximum Gasteiger partial charge on any atom is 0.299 e. The van der Waals surface area contributed by atoms with E-state index in [1.54, 1.807) is 0 Å². The monoisotopic (exact) mass is 282 g/mol. The fourth-order valence-electron chi connectivity index (χ4n) is 3.76. The predicted octanol–water partition coefficient (Wildman–Crippen LogP) is 3.69. The molecule has 2 aromatic carbocycles. The van der Waals surface area contributed by atoms with Gasteiger partial charge in [0.1, 0.15) is 5.82 Å². The Balaban J connectivity index is 1.91. The van der Waals surface area contributed by atoms with Gasteiger partial charge in [-0.25, -0.2) is 0 Å². The maximum absolute atomic E-state index is 2.40.